The highest BCUT2D eigenvalue weighted by molar-refractivity contribution is 5.26. The summed E-state index contributed by atoms with van der Waals surface area (Å²) in [5, 5.41) is 23.2. The van der Waals surface area contributed by atoms with Crippen molar-refractivity contribution in [3.05, 3.63) is 29.8 Å². The number of hydrogen-bond donors (Lipinski definition) is 5. The Hall–Kier alpha value is -1.14. The van der Waals surface area contributed by atoms with Crippen molar-refractivity contribution >= 4 is 0 Å². The topological polar surface area (TPSA) is 68.3 Å². The third-order valence-electron chi connectivity index (χ3n) is 3.50. The van der Waals surface area contributed by atoms with Crippen LogP contribution in [0.1, 0.15) is 5.56 Å². The van der Waals surface area contributed by atoms with Crippen LogP contribution in [0.2, 0.25) is 0 Å². The predicted molar refractivity (Wildman–Crippen MR) is 82.2 cm³/mol. The molecule has 1 aromatic carbocycles. The molecule has 0 radical (unpaired) electrons. The van der Waals surface area contributed by atoms with Gasteiger partial charge < -0.3 is 26.4 Å². The number of benzene rings is 1. The van der Waals surface area contributed by atoms with Crippen molar-refractivity contribution in [1.29, 1.82) is 0 Å². The summed E-state index contributed by atoms with van der Waals surface area (Å²) in [7, 11) is 0. The Bertz CT molecular complexity index is 357. The molecule has 1 aliphatic rings. The maximum atomic E-state index is 9.33. The third-order valence-corrected chi connectivity index (χ3v) is 3.50. The SMILES string of the molecule is Oc1ccc(CC2CNCCNCCNCCN2)cc1. The van der Waals surface area contributed by atoms with Crippen LogP contribution in [-0.2, 0) is 6.42 Å². The van der Waals surface area contributed by atoms with Crippen LogP contribution in [0, 0.1) is 0 Å². The van der Waals surface area contributed by atoms with Gasteiger partial charge in [-0.3, -0.25) is 0 Å². The zero-order valence-electron chi connectivity index (χ0n) is 12.0. The van der Waals surface area contributed by atoms with Crippen LogP contribution in [0.15, 0.2) is 24.3 Å². The van der Waals surface area contributed by atoms with Gasteiger partial charge in [-0.15, -0.1) is 0 Å². The summed E-state index contributed by atoms with van der Waals surface area (Å²) >= 11 is 0. The van der Waals surface area contributed by atoms with E-state index in [1.54, 1.807) is 12.1 Å². The van der Waals surface area contributed by atoms with E-state index in [-0.39, 0.29) is 0 Å². The van der Waals surface area contributed by atoms with E-state index in [0.29, 0.717) is 11.8 Å². The van der Waals surface area contributed by atoms with E-state index >= 15 is 0 Å². The van der Waals surface area contributed by atoms with Gasteiger partial charge in [0.15, 0.2) is 0 Å². The molecule has 1 aliphatic heterocycles. The van der Waals surface area contributed by atoms with Crippen LogP contribution in [0.4, 0.5) is 0 Å². The summed E-state index contributed by atoms with van der Waals surface area (Å²) in [5.74, 6) is 0.328. The average Bonchev–Trinajstić information content (AvgIpc) is 2.44. The highest BCUT2D eigenvalue weighted by atomic mass is 16.3. The Morgan fingerprint density at radius 2 is 1.45 bits per heavy atom. The minimum absolute atomic E-state index is 0.328. The first-order chi connectivity index (χ1) is 9.84. The molecule has 0 amide bonds. The third kappa shape index (κ3) is 5.88. The van der Waals surface area contributed by atoms with Gasteiger partial charge in [-0.05, 0) is 24.1 Å². The average molecular weight is 278 g/mol. The Kier molecular flexibility index (Phi) is 6.80. The van der Waals surface area contributed by atoms with Crippen LogP contribution in [0.25, 0.3) is 0 Å². The van der Waals surface area contributed by atoms with Gasteiger partial charge >= 0.3 is 0 Å². The molecule has 5 nitrogen and oxygen atoms in total. The summed E-state index contributed by atoms with van der Waals surface area (Å²) in [4.78, 5) is 0. The Labute approximate surface area is 121 Å². The second kappa shape index (κ2) is 8.92. The van der Waals surface area contributed by atoms with Gasteiger partial charge in [0, 0.05) is 51.9 Å². The standard InChI is InChI=1S/C15H26N4O/c20-15-3-1-13(2-4-15)11-14-12-18-8-7-16-5-6-17-9-10-19-14/h1-4,14,16-20H,5-12H2. The number of aromatic hydroxyl groups is 1. The quantitative estimate of drug-likeness (QED) is 0.513. The number of rotatable bonds is 2. The highest BCUT2D eigenvalue weighted by Crippen LogP contribution is 2.11. The molecule has 2 rings (SSSR count). The molecule has 1 saturated heterocycles. The number of phenolic OH excluding ortho intramolecular Hbond substituents is 1. The fourth-order valence-electron chi connectivity index (χ4n) is 2.38. The lowest BCUT2D eigenvalue weighted by molar-refractivity contribution is 0.449. The van der Waals surface area contributed by atoms with Gasteiger partial charge in [-0.25, -0.2) is 0 Å². The van der Waals surface area contributed by atoms with Crippen LogP contribution >= 0.6 is 0 Å². The molecule has 0 saturated carbocycles. The van der Waals surface area contributed by atoms with Gasteiger partial charge in [-0.2, -0.15) is 0 Å². The molecule has 1 atom stereocenters. The molecule has 0 bridgehead atoms. The summed E-state index contributed by atoms with van der Waals surface area (Å²) in [6, 6.07) is 7.91. The van der Waals surface area contributed by atoms with Gasteiger partial charge in [0.1, 0.15) is 5.75 Å². The monoisotopic (exact) mass is 278 g/mol. The molecule has 1 aromatic rings. The lowest BCUT2D eigenvalue weighted by Crippen LogP contribution is -2.46. The summed E-state index contributed by atoms with van der Waals surface area (Å²) < 4.78 is 0. The van der Waals surface area contributed by atoms with E-state index in [2.05, 4.69) is 21.3 Å². The molecule has 1 heterocycles. The van der Waals surface area contributed by atoms with Crippen molar-refractivity contribution in [2.75, 3.05) is 45.8 Å². The fourth-order valence-corrected chi connectivity index (χ4v) is 2.38. The van der Waals surface area contributed by atoms with Crippen molar-refractivity contribution in [3.8, 4) is 5.75 Å². The molecular weight excluding hydrogens is 252 g/mol. The lowest BCUT2D eigenvalue weighted by Gasteiger charge is -2.21. The molecule has 5 N–H and O–H groups in total. The molecule has 0 aromatic heterocycles. The van der Waals surface area contributed by atoms with Gasteiger partial charge in [0.2, 0.25) is 0 Å². The van der Waals surface area contributed by atoms with E-state index in [1.807, 2.05) is 12.1 Å². The van der Waals surface area contributed by atoms with Gasteiger partial charge in [-0.1, -0.05) is 12.1 Å². The number of phenols is 1. The van der Waals surface area contributed by atoms with Crippen LogP contribution < -0.4 is 21.3 Å². The van der Waals surface area contributed by atoms with Gasteiger partial charge in [0.05, 0.1) is 0 Å². The molecule has 5 heteroatoms. The molecule has 1 unspecified atom stereocenters. The van der Waals surface area contributed by atoms with E-state index in [0.717, 1.165) is 52.2 Å². The van der Waals surface area contributed by atoms with Crippen molar-refractivity contribution in [1.82, 2.24) is 21.3 Å². The minimum atomic E-state index is 0.328. The number of hydrogen-bond acceptors (Lipinski definition) is 5. The first kappa shape index (κ1) is 15.3. The number of nitrogens with one attached hydrogen (secondary N) is 4. The van der Waals surface area contributed by atoms with Crippen molar-refractivity contribution in [2.45, 2.75) is 12.5 Å². The highest BCUT2D eigenvalue weighted by Gasteiger charge is 2.09. The maximum absolute atomic E-state index is 9.33. The molecule has 20 heavy (non-hydrogen) atoms. The smallest absolute Gasteiger partial charge is 0.115 e. The first-order valence-electron chi connectivity index (χ1n) is 7.48. The summed E-state index contributed by atoms with van der Waals surface area (Å²) in [6.07, 6.45) is 0.973. The van der Waals surface area contributed by atoms with Gasteiger partial charge in [0.25, 0.3) is 0 Å². The fraction of sp³-hybridized carbons (Fsp3) is 0.600. The zero-order chi connectivity index (χ0) is 14.0. The molecular formula is C15H26N4O. The molecule has 0 spiro atoms. The van der Waals surface area contributed by atoms with Crippen LogP contribution in [-0.4, -0.2) is 57.0 Å². The van der Waals surface area contributed by atoms with E-state index in [1.165, 1.54) is 5.56 Å². The second-order valence-electron chi connectivity index (χ2n) is 5.23. The van der Waals surface area contributed by atoms with Crippen molar-refractivity contribution < 1.29 is 5.11 Å². The zero-order valence-corrected chi connectivity index (χ0v) is 12.0. The van der Waals surface area contributed by atoms with Crippen molar-refractivity contribution in [2.24, 2.45) is 0 Å². The summed E-state index contributed by atoms with van der Waals surface area (Å²) in [5.41, 5.74) is 1.25. The minimum Gasteiger partial charge on any atom is -0.508 e. The van der Waals surface area contributed by atoms with Crippen LogP contribution in [0.3, 0.4) is 0 Å². The molecule has 1 fully saturated rings. The van der Waals surface area contributed by atoms with E-state index in [4.69, 9.17) is 0 Å². The van der Waals surface area contributed by atoms with Crippen LogP contribution in [0.5, 0.6) is 5.75 Å². The lowest BCUT2D eigenvalue weighted by atomic mass is 10.1. The largest absolute Gasteiger partial charge is 0.508 e. The van der Waals surface area contributed by atoms with Crippen molar-refractivity contribution in [3.63, 3.8) is 0 Å². The Morgan fingerprint density at radius 1 is 0.850 bits per heavy atom. The maximum Gasteiger partial charge on any atom is 0.115 e. The molecule has 112 valence electrons. The second-order valence-corrected chi connectivity index (χ2v) is 5.23. The van der Waals surface area contributed by atoms with E-state index in [9.17, 15) is 5.11 Å². The Morgan fingerprint density at radius 3 is 2.15 bits per heavy atom. The molecule has 0 aliphatic carbocycles. The van der Waals surface area contributed by atoms with E-state index < -0.39 is 0 Å². The normalized spacial score (nSPS) is 22.7. The first-order valence-corrected chi connectivity index (χ1v) is 7.48. The predicted octanol–water partition coefficient (Wildman–Crippen LogP) is -0.325. The summed E-state index contributed by atoms with van der Waals surface area (Å²) in [6.45, 7) is 6.98. The Balaban J connectivity index is 1.83.